The lowest BCUT2D eigenvalue weighted by Gasteiger charge is -2.17. The minimum absolute atomic E-state index is 0.0782. The number of epoxide rings is 1. The van der Waals surface area contributed by atoms with Gasteiger partial charge >= 0.3 is 11.9 Å². The lowest BCUT2D eigenvalue weighted by Crippen LogP contribution is -2.25. The molecule has 0 radical (unpaired) electrons. The molecule has 3 atom stereocenters. The Kier molecular flexibility index (Phi) is 4.34. The van der Waals surface area contributed by atoms with Gasteiger partial charge in [0, 0.05) is 0 Å². The van der Waals surface area contributed by atoms with Crippen molar-refractivity contribution in [1.29, 1.82) is 0 Å². The largest absolute Gasteiger partial charge is 0.508 e. The molecular weight excluding hydrogens is 336 g/mol. The molecule has 1 aliphatic carbocycles. The van der Waals surface area contributed by atoms with Crippen LogP contribution in [0.2, 0.25) is 0 Å². The highest BCUT2D eigenvalue weighted by Gasteiger charge is 2.46. The second-order valence-corrected chi connectivity index (χ2v) is 6.55. The van der Waals surface area contributed by atoms with Gasteiger partial charge in [0.25, 0.3) is 0 Å². The first-order valence-electron chi connectivity index (χ1n) is 8.57. The molecule has 1 aliphatic heterocycles. The molecule has 1 saturated heterocycles. The highest BCUT2D eigenvalue weighted by Crippen LogP contribution is 2.39. The molecule has 3 unspecified atom stereocenters. The van der Waals surface area contributed by atoms with E-state index in [1.807, 2.05) is 0 Å². The number of hydrogen-bond donors (Lipinski definition) is 1. The average Bonchev–Trinajstić information content (AvgIpc) is 3.42. The first-order valence-corrected chi connectivity index (χ1v) is 8.57. The first-order chi connectivity index (χ1) is 12.6. The molecule has 4 rings (SSSR count). The molecule has 1 N–H and O–H groups in total. The van der Waals surface area contributed by atoms with Gasteiger partial charge in [-0.25, -0.2) is 4.79 Å². The van der Waals surface area contributed by atoms with E-state index in [9.17, 15) is 14.7 Å². The molecule has 2 aromatic carbocycles. The van der Waals surface area contributed by atoms with Crippen molar-refractivity contribution in [3.05, 3.63) is 54.1 Å². The van der Waals surface area contributed by atoms with Crippen molar-refractivity contribution in [1.82, 2.24) is 0 Å². The molecule has 134 valence electrons. The Morgan fingerprint density at radius 1 is 0.885 bits per heavy atom. The van der Waals surface area contributed by atoms with E-state index >= 15 is 0 Å². The van der Waals surface area contributed by atoms with Gasteiger partial charge in [0.15, 0.2) is 0 Å². The summed E-state index contributed by atoms with van der Waals surface area (Å²) < 4.78 is 16.1. The minimum Gasteiger partial charge on any atom is -0.508 e. The predicted molar refractivity (Wildman–Crippen MR) is 91.1 cm³/mol. The van der Waals surface area contributed by atoms with Crippen LogP contribution in [-0.2, 0) is 9.53 Å². The Labute approximate surface area is 150 Å². The maximum Gasteiger partial charge on any atom is 0.343 e. The number of aromatic hydroxyl groups is 1. The molecule has 1 heterocycles. The molecule has 6 nitrogen and oxygen atoms in total. The summed E-state index contributed by atoms with van der Waals surface area (Å²) in [6.07, 6.45) is 3.01. The Bertz CT molecular complexity index is 811. The Morgan fingerprint density at radius 2 is 1.54 bits per heavy atom. The molecule has 2 aliphatic rings. The maximum absolute atomic E-state index is 12.2. The minimum atomic E-state index is -0.532. The summed E-state index contributed by atoms with van der Waals surface area (Å²) in [4.78, 5) is 24.3. The number of carbonyl (C=O) groups is 2. The zero-order valence-corrected chi connectivity index (χ0v) is 14.0. The number of phenols is 1. The van der Waals surface area contributed by atoms with Gasteiger partial charge in [0.05, 0.1) is 23.7 Å². The third-order valence-corrected chi connectivity index (χ3v) is 4.69. The summed E-state index contributed by atoms with van der Waals surface area (Å²) in [5.74, 6) is -0.0584. The first kappa shape index (κ1) is 16.6. The van der Waals surface area contributed by atoms with Crippen molar-refractivity contribution in [3.63, 3.8) is 0 Å². The SMILES string of the molecule is O=C(Oc1ccc(OC(=O)C2CCC3OC3C2)cc1)c1ccc(O)cc1. The van der Waals surface area contributed by atoms with Gasteiger partial charge in [0.1, 0.15) is 17.2 Å². The Hall–Kier alpha value is -2.86. The third kappa shape index (κ3) is 3.70. The van der Waals surface area contributed by atoms with Crippen LogP contribution in [-0.4, -0.2) is 29.3 Å². The smallest absolute Gasteiger partial charge is 0.343 e. The van der Waals surface area contributed by atoms with Gasteiger partial charge < -0.3 is 19.3 Å². The standard InChI is InChI=1S/C20H18O6/c21-14-4-1-12(2-5-14)19(22)24-15-6-8-16(9-7-15)25-20(23)13-3-10-17-18(11-13)26-17/h1-2,4-9,13,17-18,21H,3,10-11H2. The fourth-order valence-electron chi connectivity index (χ4n) is 3.16. The van der Waals surface area contributed by atoms with Crippen molar-refractivity contribution in [2.75, 3.05) is 0 Å². The molecule has 2 fully saturated rings. The lowest BCUT2D eigenvalue weighted by molar-refractivity contribution is -0.139. The molecule has 0 amide bonds. The van der Waals surface area contributed by atoms with E-state index < -0.39 is 5.97 Å². The Balaban J connectivity index is 1.33. The van der Waals surface area contributed by atoms with Gasteiger partial charge in [-0.05, 0) is 67.8 Å². The second kappa shape index (κ2) is 6.80. The van der Waals surface area contributed by atoms with Crippen molar-refractivity contribution >= 4 is 11.9 Å². The van der Waals surface area contributed by atoms with Gasteiger partial charge in [-0.1, -0.05) is 0 Å². The number of rotatable bonds is 4. The lowest BCUT2D eigenvalue weighted by atomic mass is 9.89. The fraction of sp³-hybridized carbons (Fsp3) is 0.300. The number of esters is 2. The summed E-state index contributed by atoms with van der Waals surface area (Å²) in [5, 5.41) is 9.24. The van der Waals surface area contributed by atoms with E-state index in [1.54, 1.807) is 24.3 Å². The molecule has 0 bridgehead atoms. The monoisotopic (exact) mass is 354 g/mol. The molecule has 6 heteroatoms. The van der Waals surface area contributed by atoms with Crippen LogP contribution in [0.4, 0.5) is 0 Å². The van der Waals surface area contributed by atoms with Crippen molar-refractivity contribution in [3.8, 4) is 17.2 Å². The van der Waals surface area contributed by atoms with Crippen LogP contribution in [0.5, 0.6) is 17.2 Å². The van der Waals surface area contributed by atoms with Gasteiger partial charge in [0.2, 0.25) is 0 Å². The van der Waals surface area contributed by atoms with Crippen molar-refractivity contribution in [2.24, 2.45) is 5.92 Å². The number of fused-ring (bicyclic) bond motifs is 1. The van der Waals surface area contributed by atoms with E-state index in [0.29, 0.717) is 23.2 Å². The van der Waals surface area contributed by atoms with Gasteiger partial charge in [-0.15, -0.1) is 0 Å². The molecule has 2 aromatic rings. The maximum atomic E-state index is 12.2. The predicted octanol–water partition coefficient (Wildman–Crippen LogP) is 3.08. The molecule has 0 aromatic heterocycles. The van der Waals surface area contributed by atoms with Crippen molar-refractivity contribution < 1.29 is 28.9 Å². The van der Waals surface area contributed by atoms with Crippen LogP contribution in [0.3, 0.4) is 0 Å². The van der Waals surface area contributed by atoms with Crippen molar-refractivity contribution in [2.45, 2.75) is 31.5 Å². The third-order valence-electron chi connectivity index (χ3n) is 4.69. The molecular formula is C20H18O6. The van der Waals surface area contributed by atoms with E-state index in [2.05, 4.69) is 0 Å². The van der Waals surface area contributed by atoms with Crippen LogP contribution in [0, 0.1) is 5.92 Å². The highest BCUT2D eigenvalue weighted by atomic mass is 16.6. The quantitative estimate of drug-likeness (QED) is 0.516. The zero-order chi connectivity index (χ0) is 18.1. The van der Waals surface area contributed by atoms with Crippen LogP contribution in [0.15, 0.2) is 48.5 Å². The van der Waals surface area contributed by atoms with Crippen LogP contribution in [0.25, 0.3) is 0 Å². The molecule has 26 heavy (non-hydrogen) atoms. The fourth-order valence-corrected chi connectivity index (χ4v) is 3.16. The number of carbonyl (C=O) groups excluding carboxylic acids is 2. The summed E-state index contributed by atoms with van der Waals surface area (Å²) >= 11 is 0. The summed E-state index contributed by atoms with van der Waals surface area (Å²) in [7, 11) is 0. The van der Waals surface area contributed by atoms with E-state index in [1.165, 1.54) is 24.3 Å². The van der Waals surface area contributed by atoms with Crippen LogP contribution >= 0.6 is 0 Å². The van der Waals surface area contributed by atoms with Crippen LogP contribution in [0.1, 0.15) is 29.6 Å². The number of ether oxygens (including phenoxy) is 3. The zero-order valence-electron chi connectivity index (χ0n) is 14.0. The molecule has 0 spiro atoms. The van der Waals surface area contributed by atoms with E-state index in [4.69, 9.17) is 14.2 Å². The Morgan fingerprint density at radius 3 is 2.19 bits per heavy atom. The van der Waals surface area contributed by atoms with E-state index in [-0.39, 0.29) is 23.7 Å². The number of benzene rings is 2. The number of hydrogen-bond acceptors (Lipinski definition) is 6. The second-order valence-electron chi connectivity index (χ2n) is 6.55. The summed E-state index contributed by atoms with van der Waals surface area (Å²) in [5.41, 5.74) is 0.330. The summed E-state index contributed by atoms with van der Waals surface area (Å²) in [6, 6.07) is 12.1. The normalized spacial score (nSPS) is 23.6. The topological polar surface area (TPSA) is 85.4 Å². The highest BCUT2D eigenvalue weighted by molar-refractivity contribution is 5.91. The van der Waals surface area contributed by atoms with Crippen LogP contribution < -0.4 is 9.47 Å². The average molecular weight is 354 g/mol. The van der Waals surface area contributed by atoms with Gasteiger partial charge in [-0.3, -0.25) is 4.79 Å². The van der Waals surface area contributed by atoms with Gasteiger partial charge in [-0.2, -0.15) is 0 Å². The molecule has 1 saturated carbocycles. The number of phenolic OH excluding ortho intramolecular Hbond substituents is 1. The summed E-state index contributed by atoms with van der Waals surface area (Å²) in [6.45, 7) is 0. The van der Waals surface area contributed by atoms with E-state index in [0.717, 1.165) is 19.3 Å².